The van der Waals surface area contributed by atoms with Crippen LogP contribution >= 0.6 is 11.3 Å². The molecule has 0 bridgehead atoms. The number of thiazole rings is 1. The van der Waals surface area contributed by atoms with E-state index in [1.54, 1.807) is 25.6 Å². The minimum absolute atomic E-state index is 0.709. The minimum atomic E-state index is 0.709. The molecule has 0 spiro atoms. The molecule has 0 saturated heterocycles. The van der Waals surface area contributed by atoms with Gasteiger partial charge in [0.25, 0.3) is 0 Å². The van der Waals surface area contributed by atoms with Crippen molar-refractivity contribution in [2.45, 2.75) is 6.54 Å². The zero-order valence-corrected chi connectivity index (χ0v) is 13.4. The average molecular weight is 307 g/mol. The maximum Gasteiger partial charge on any atom is 0.189 e. The van der Waals surface area contributed by atoms with Gasteiger partial charge in [-0.2, -0.15) is 0 Å². The molecular weight excluding hydrogens is 286 g/mol. The van der Waals surface area contributed by atoms with E-state index in [9.17, 15) is 0 Å². The van der Waals surface area contributed by atoms with Crippen molar-refractivity contribution in [3.63, 3.8) is 0 Å². The molecule has 2 aromatic rings. The summed E-state index contributed by atoms with van der Waals surface area (Å²) in [6.07, 6.45) is 0. The third-order valence-electron chi connectivity index (χ3n) is 3.06. The molecule has 1 heterocycles. The number of nitrogens with zero attached hydrogens (tertiary/aromatic N) is 2. The maximum atomic E-state index is 5.26. The summed E-state index contributed by atoms with van der Waals surface area (Å²) in [6, 6.07) is 7.95. The number of nitrogens with one attached hydrogen (secondary N) is 1. The van der Waals surface area contributed by atoms with E-state index in [1.165, 1.54) is 0 Å². The summed E-state index contributed by atoms with van der Waals surface area (Å²) in [5.74, 6) is 0.845. The summed E-state index contributed by atoms with van der Waals surface area (Å²) >= 11 is 1.63. The van der Waals surface area contributed by atoms with Gasteiger partial charge in [0.2, 0.25) is 0 Å². The minimum Gasteiger partial charge on any atom is -0.497 e. The second-order valence-corrected chi connectivity index (χ2v) is 5.39. The van der Waals surface area contributed by atoms with Crippen molar-refractivity contribution >= 4 is 22.2 Å². The van der Waals surface area contributed by atoms with Crippen molar-refractivity contribution < 1.29 is 9.47 Å². The lowest BCUT2D eigenvalue weighted by Gasteiger charge is -2.16. The second kappa shape index (κ2) is 7.97. The van der Waals surface area contributed by atoms with Gasteiger partial charge in [-0.1, -0.05) is 6.07 Å². The third kappa shape index (κ3) is 4.42. The number of rotatable bonds is 8. The first-order valence-electron chi connectivity index (χ1n) is 6.76. The lowest BCUT2D eigenvalue weighted by atomic mass is 10.3. The maximum absolute atomic E-state index is 5.26. The first-order valence-corrected chi connectivity index (χ1v) is 7.64. The number of hydrogen-bond donors (Lipinski definition) is 1. The molecule has 0 atom stereocenters. The Morgan fingerprint density at radius 2 is 2.19 bits per heavy atom. The van der Waals surface area contributed by atoms with Crippen molar-refractivity contribution in [2.75, 3.05) is 39.3 Å². The summed E-state index contributed by atoms with van der Waals surface area (Å²) < 4.78 is 10.3. The van der Waals surface area contributed by atoms with Gasteiger partial charge in [0.1, 0.15) is 5.75 Å². The van der Waals surface area contributed by atoms with Gasteiger partial charge in [0.15, 0.2) is 5.13 Å². The molecule has 0 radical (unpaired) electrons. The number of hydrogen-bond acceptors (Lipinski definition) is 6. The van der Waals surface area contributed by atoms with Crippen molar-refractivity contribution in [1.82, 2.24) is 10.3 Å². The molecular formula is C15H21N3O2S. The van der Waals surface area contributed by atoms with Gasteiger partial charge in [-0.3, -0.25) is 0 Å². The van der Waals surface area contributed by atoms with Gasteiger partial charge in [0.05, 0.1) is 19.4 Å². The topological polar surface area (TPSA) is 46.6 Å². The van der Waals surface area contributed by atoms with Gasteiger partial charge < -0.3 is 19.7 Å². The zero-order valence-electron chi connectivity index (χ0n) is 12.6. The first-order chi connectivity index (χ1) is 10.2. The van der Waals surface area contributed by atoms with E-state index in [4.69, 9.17) is 9.47 Å². The number of ether oxygens (including phenoxy) is 2. The van der Waals surface area contributed by atoms with E-state index < -0.39 is 0 Å². The predicted molar refractivity (Wildman–Crippen MR) is 86.8 cm³/mol. The van der Waals surface area contributed by atoms with Crippen LogP contribution < -0.4 is 15.0 Å². The highest BCUT2D eigenvalue weighted by atomic mass is 32.1. The molecule has 6 heteroatoms. The molecule has 21 heavy (non-hydrogen) atoms. The predicted octanol–water partition coefficient (Wildman–Crippen LogP) is 2.66. The summed E-state index contributed by atoms with van der Waals surface area (Å²) in [6.45, 7) is 2.29. The van der Waals surface area contributed by atoms with Crippen molar-refractivity contribution in [2.24, 2.45) is 0 Å². The number of benzene rings is 1. The molecule has 0 fully saturated rings. The van der Waals surface area contributed by atoms with Crippen LogP contribution in [0.4, 0.5) is 10.8 Å². The SMILES string of the molecule is COCCNCc1csc(N(C)c2cccc(OC)c2)n1. The molecule has 5 nitrogen and oxygen atoms in total. The summed E-state index contributed by atoms with van der Waals surface area (Å²) in [7, 11) is 5.38. The van der Waals surface area contributed by atoms with E-state index in [0.717, 1.165) is 35.4 Å². The molecule has 0 aliphatic heterocycles. The van der Waals surface area contributed by atoms with Crippen molar-refractivity contribution in [3.8, 4) is 5.75 Å². The van der Waals surface area contributed by atoms with Gasteiger partial charge in [-0.15, -0.1) is 11.3 Å². The molecule has 114 valence electrons. The average Bonchev–Trinajstić information content (AvgIpc) is 3.00. The Bertz CT molecular complexity index is 559. The van der Waals surface area contributed by atoms with Crippen LogP contribution in [-0.4, -0.2) is 39.4 Å². The molecule has 0 aliphatic rings. The van der Waals surface area contributed by atoms with Crippen LogP contribution in [0.25, 0.3) is 0 Å². The summed E-state index contributed by atoms with van der Waals surface area (Å²) in [4.78, 5) is 6.70. The highest BCUT2D eigenvalue weighted by molar-refractivity contribution is 7.13. The molecule has 1 N–H and O–H groups in total. The van der Waals surface area contributed by atoms with E-state index >= 15 is 0 Å². The Morgan fingerprint density at radius 3 is 2.95 bits per heavy atom. The van der Waals surface area contributed by atoms with E-state index in [1.807, 2.05) is 31.3 Å². The lowest BCUT2D eigenvalue weighted by Crippen LogP contribution is -2.18. The molecule has 1 aromatic carbocycles. The van der Waals surface area contributed by atoms with Crippen LogP contribution in [0, 0.1) is 0 Å². The van der Waals surface area contributed by atoms with E-state index in [2.05, 4.69) is 20.6 Å². The van der Waals surface area contributed by atoms with Crippen LogP contribution in [0.1, 0.15) is 5.69 Å². The zero-order chi connectivity index (χ0) is 15.1. The van der Waals surface area contributed by atoms with Crippen LogP contribution in [0.2, 0.25) is 0 Å². The van der Waals surface area contributed by atoms with Gasteiger partial charge in [-0.25, -0.2) is 4.98 Å². The Morgan fingerprint density at radius 1 is 1.33 bits per heavy atom. The monoisotopic (exact) mass is 307 g/mol. The Hall–Kier alpha value is -1.63. The first kappa shape index (κ1) is 15.8. The number of methoxy groups -OCH3 is 2. The van der Waals surface area contributed by atoms with Crippen LogP contribution in [0.3, 0.4) is 0 Å². The smallest absolute Gasteiger partial charge is 0.189 e. The third-order valence-corrected chi connectivity index (χ3v) is 4.02. The molecule has 2 rings (SSSR count). The van der Waals surface area contributed by atoms with E-state index in [-0.39, 0.29) is 0 Å². The Labute approximate surface area is 129 Å². The highest BCUT2D eigenvalue weighted by Gasteiger charge is 2.09. The second-order valence-electron chi connectivity index (χ2n) is 4.55. The Balaban J connectivity index is 1.99. The van der Waals surface area contributed by atoms with E-state index in [0.29, 0.717) is 6.61 Å². The summed E-state index contributed by atoms with van der Waals surface area (Å²) in [5.41, 5.74) is 2.10. The van der Waals surface area contributed by atoms with Gasteiger partial charge in [0, 0.05) is 44.4 Å². The van der Waals surface area contributed by atoms with Gasteiger partial charge in [-0.05, 0) is 12.1 Å². The lowest BCUT2D eigenvalue weighted by molar-refractivity contribution is 0.199. The fourth-order valence-corrected chi connectivity index (χ4v) is 2.66. The molecule has 0 aliphatic carbocycles. The number of aromatic nitrogens is 1. The van der Waals surface area contributed by atoms with Crippen LogP contribution in [0.5, 0.6) is 5.75 Å². The van der Waals surface area contributed by atoms with Crippen LogP contribution in [-0.2, 0) is 11.3 Å². The quantitative estimate of drug-likeness (QED) is 0.760. The molecule has 0 amide bonds. The highest BCUT2D eigenvalue weighted by Crippen LogP contribution is 2.29. The van der Waals surface area contributed by atoms with Crippen molar-refractivity contribution in [1.29, 1.82) is 0 Å². The molecule has 0 saturated carbocycles. The van der Waals surface area contributed by atoms with Crippen LogP contribution in [0.15, 0.2) is 29.6 Å². The normalized spacial score (nSPS) is 10.6. The standard InChI is InChI=1S/C15H21N3O2S/c1-18(13-5-4-6-14(9-13)20-3)15-17-12(11-21-15)10-16-7-8-19-2/h4-6,9,11,16H,7-8,10H2,1-3H3. The fourth-order valence-electron chi connectivity index (χ4n) is 1.85. The largest absolute Gasteiger partial charge is 0.497 e. The fraction of sp³-hybridized carbons (Fsp3) is 0.400. The molecule has 0 unspecified atom stereocenters. The van der Waals surface area contributed by atoms with Crippen molar-refractivity contribution in [3.05, 3.63) is 35.3 Å². The number of anilines is 2. The van der Waals surface area contributed by atoms with Gasteiger partial charge >= 0.3 is 0 Å². The summed E-state index contributed by atoms with van der Waals surface area (Å²) in [5, 5.41) is 6.33. The molecule has 1 aromatic heterocycles. The Kier molecular flexibility index (Phi) is 5.98.